The summed E-state index contributed by atoms with van der Waals surface area (Å²) in [4.78, 5) is 83.6. The molecule has 2 aromatic carbocycles. The second-order valence-corrected chi connectivity index (χ2v) is 15.5. The van der Waals surface area contributed by atoms with Gasteiger partial charge in [0, 0.05) is 47.0 Å². The van der Waals surface area contributed by atoms with Gasteiger partial charge in [0.15, 0.2) is 5.82 Å². The number of aromatic nitrogens is 3. The van der Waals surface area contributed by atoms with Gasteiger partial charge in [0.2, 0.25) is 23.6 Å². The van der Waals surface area contributed by atoms with E-state index in [2.05, 4.69) is 40.0 Å². The number of piperidine rings is 1. The largest absolute Gasteiger partial charge is 0.356 e. The molecular formula is C39H39ClN8O6S. The predicted octanol–water partition coefficient (Wildman–Crippen LogP) is 4.58. The van der Waals surface area contributed by atoms with Crippen LogP contribution in [-0.2, 0) is 25.7 Å². The predicted molar refractivity (Wildman–Crippen MR) is 204 cm³/mol. The van der Waals surface area contributed by atoms with Crippen LogP contribution in [0.2, 0.25) is 5.02 Å². The van der Waals surface area contributed by atoms with E-state index in [-0.39, 0.29) is 55.2 Å². The molecule has 1 saturated heterocycles. The molecule has 1 unspecified atom stereocenters. The van der Waals surface area contributed by atoms with E-state index >= 15 is 0 Å². The van der Waals surface area contributed by atoms with Gasteiger partial charge in [-0.15, -0.1) is 21.5 Å². The van der Waals surface area contributed by atoms with Crippen molar-refractivity contribution >= 4 is 64.1 Å². The number of thiophene rings is 1. The minimum absolute atomic E-state index is 0.0300. The summed E-state index contributed by atoms with van der Waals surface area (Å²) in [6, 6.07) is 10.7. The molecule has 16 heteroatoms. The van der Waals surface area contributed by atoms with Crippen molar-refractivity contribution < 1.29 is 28.8 Å². The summed E-state index contributed by atoms with van der Waals surface area (Å²) in [5.41, 5.74) is 4.56. The minimum Gasteiger partial charge on any atom is -0.356 e. The molecule has 3 N–H and O–H groups in total. The lowest BCUT2D eigenvalue weighted by molar-refractivity contribution is -0.136. The molecule has 0 aliphatic carbocycles. The van der Waals surface area contributed by atoms with Gasteiger partial charge in [-0.3, -0.25) is 48.5 Å². The third-order valence-corrected chi connectivity index (χ3v) is 11.6. The number of aryl methyl sites for hydroxylation is 2. The number of hydrogen-bond acceptors (Lipinski definition) is 10. The Hall–Kier alpha value is -5.54. The third kappa shape index (κ3) is 7.45. The van der Waals surface area contributed by atoms with Crippen LogP contribution in [0.1, 0.15) is 110 Å². The van der Waals surface area contributed by atoms with Crippen molar-refractivity contribution in [2.75, 3.05) is 6.54 Å². The fourth-order valence-electron chi connectivity index (χ4n) is 7.21. The lowest BCUT2D eigenvalue weighted by Crippen LogP contribution is -2.54. The van der Waals surface area contributed by atoms with Crippen molar-refractivity contribution in [1.82, 2.24) is 35.6 Å². The van der Waals surface area contributed by atoms with Crippen LogP contribution in [0.3, 0.4) is 0 Å². The SMILES string of the molecule is Cc1sc2c(c1C)C(c1ccc(Cl)cc1)=N[C@@H](CC(=O)NCCCCCC(=O)NCc1cccc3c1C(=O)N(C1CCC(=O)NC1=O)C3=O)c1nnc(C)n1-2. The Morgan fingerprint density at radius 2 is 1.71 bits per heavy atom. The molecule has 3 aliphatic rings. The van der Waals surface area contributed by atoms with E-state index in [1.807, 2.05) is 35.8 Å². The average Bonchev–Trinajstić information content (AvgIpc) is 3.73. The summed E-state index contributed by atoms with van der Waals surface area (Å²) in [6.07, 6.45) is 2.34. The number of amides is 6. The van der Waals surface area contributed by atoms with E-state index < -0.39 is 35.7 Å². The first-order valence-electron chi connectivity index (χ1n) is 18.2. The quantitative estimate of drug-likeness (QED) is 0.138. The van der Waals surface area contributed by atoms with Crippen molar-refractivity contribution in [2.45, 2.75) is 84.3 Å². The van der Waals surface area contributed by atoms with Gasteiger partial charge in [-0.1, -0.05) is 42.3 Å². The highest BCUT2D eigenvalue weighted by molar-refractivity contribution is 7.15. The number of carbonyl (C=O) groups excluding carboxylic acids is 6. The molecule has 3 aliphatic heterocycles. The van der Waals surface area contributed by atoms with E-state index in [1.54, 1.807) is 23.5 Å². The van der Waals surface area contributed by atoms with E-state index in [9.17, 15) is 28.8 Å². The third-order valence-electron chi connectivity index (χ3n) is 10.2. The number of aliphatic imine (C=N–C) groups is 1. The summed E-state index contributed by atoms with van der Waals surface area (Å²) in [5.74, 6) is -1.41. The number of nitrogens with one attached hydrogen (secondary N) is 3. The zero-order valence-electron chi connectivity index (χ0n) is 30.5. The number of fused-ring (bicyclic) bond motifs is 4. The molecule has 55 heavy (non-hydrogen) atoms. The molecule has 0 spiro atoms. The second-order valence-electron chi connectivity index (χ2n) is 13.8. The monoisotopic (exact) mass is 782 g/mol. The highest BCUT2D eigenvalue weighted by Gasteiger charge is 2.45. The maximum atomic E-state index is 13.3. The number of unbranched alkanes of at least 4 members (excludes halogenated alkanes) is 2. The van der Waals surface area contributed by atoms with E-state index in [0.717, 1.165) is 37.2 Å². The topological polar surface area (TPSA) is 185 Å². The Morgan fingerprint density at radius 3 is 2.47 bits per heavy atom. The normalized spacial score (nSPS) is 17.6. The first-order valence-corrected chi connectivity index (χ1v) is 19.4. The summed E-state index contributed by atoms with van der Waals surface area (Å²) in [5, 5.41) is 18.4. The maximum Gasteiger partial charge on any atom is 0.262 e. The number of nitrogens with zero attached hydrogens (tertiary/aromatic N) is 5. The Balaban J connectivity index is 0.906. The average molecular weight is 783 g/mol. The van der Waals surface area contributed by atoms with E-state index in [0.29, 0.717) is 48.0 Å². The van der Waals surface area contributed by atoms with Gasteiger partial charge >= 0.3 is 0 Å². The molecule has 4 aromatic rings. The van der Waals surface area contributed by atoms with Gasteiger partial charge in [-0.25, -0.2) is 0 Å². The summed E-state index contributed by atoms with van der Waals surface area (Å²) >= 11 is 7.86. The highest BCUT2D eigenvalue weighted by atomic mass is 35.5. The lowest BCUT2D eigenvalue weighted by Gasteiger charge is -2.27. The summed E-state index contributed by atoms with van der Waals surface area (Å²) in [7, 11) is 0. The molecule has 14 nitrogen and oxygen atoms in total. The van der Waals surface area contributed by atoms with Crippen molar-refractivity contribution in [1.29, 1.82) is 0 Å². The molecule has 7 rings (SSSR count). The van der Waals surface area contributed by atoms with Crippen LogP contribution in [0.25, 0.3) is 5.00 Å². The van der Waals surface area contributed by atoms with Crippen molar-refractivity contribution in [2.24, 2.45) is 4.99 Å². The zero-order valence-corrected chi connectivity index (χ0v) is 32.1. The van der Waals surface area contributed by atoms with Gasteiger partial charge in [-0.05, 0) is 69.4 Å². The standard InChI is InChI=1S/C39H39ClN8O6S/c1-20-21(2)55-39-32(20)34(23-11-13-25(40)14-12-23)43-27(35-46-45-22(3)47(35)39)18-31(51)41-17-6-4-5-10-29(49)42-19-24-8-7-9-26-33(24)38(54)48(37(26)53)28-15-16-30(50)44-36(28)52/h7-9,11-14,27-28H,4-6,10,15-19H2,1-3H3,(H,41,51)(H,42,49)(H,44,50,52)/t27-,28?/m0/s1. The number of halogens is 1. The smallest absolute Gasteiger partial charge is 0.262 e. The second kappa shape index (κ2) is 15.7. The lowest BCUT2D eigenvalue weighted by atomic mass is 9.99. The van der Waals surface area contributed by atoms with Crippen LogP contribution in [0, 0.1) is 20.8 Å². The van der Waals surface area contributed by atoms with Gasteiger partial charge in [0.05, 0.1) is 23.3 Å². The number of hydrogen-bond donors (Lipinski definition) is 3. The molecule has 284 valence electrons. The van der Waals surface area contributed by atoms with Crippen LogP contribution in [0.15, 0.2) is 47.5 Å². The molecule has 0 radical (unpaired) electrons. The maximum absolute atomic E-state index is 13.3. The Bertz CT molecular complexity index is 2280. The molecule has 1 fully saturated rings. The molecular weight excluding hydrogens is 744 g/mol. The Morgan fingerprint density at radius 1 is 0.927 bits per heavy atom. The van der Waals surface area contributed by atoms with Crippen LogP contribution in [0.4, 0.5) is 0 Å². The summed E-state index contributed by atoms with van der Waals surface area (Å²) < 4.78 is 2.01. The molecule has 0 saturated carbocycles. The fraction of sp³-hybridized carbons (Fsp3) is 0.359. The van der Waals surface area contributed by atoms with Crippen LogP contribution in [-0.4, -0.2) is 73.4 Å². The van der Waals surface area contributed by atoms with Crippen LogP contribution < -0.4 is 16.0 Å². The number of imide groups is 2. The molecule has 6 amide bonds. The molecule has 2 aromatic heterocycles. The number of benzene rings is 2. The van der Waals surface area contributed by atoms with Crippen LogP contribution in [0.5, 0.6) is 0 Å². The Labute approximate surface area is 325 Å². The van der Waals surface area contributed by atoms with E-state index in [1.165, 1.54) is 6.07 Å². The Kier molecular flexibility index (Phi) is 10.8. The van der Waals surface area contributed by atoms with Crippen LogP contribution >= 0.6 is 22.9 Å². The minimum atomic E-state index is -1.06. The summed E-state index contributed by atoms with van der Waals surface area (Å²) in [6.45, 7) is 6.50. The highest BCUT2D eigenvalue weighted by Crippen LogP contribution is 2.39. The number of rotatable bonds is 12. The van der Waals surface area contributed by atoms with Crippen molar-refractivity contribution in [3.05, 3.63) is 97.4 Å². The van der Waals surface area contributed by atoms with Gasteiger partial charge in [0.25, 0.3) is 11.8 Å². The van der Waals surface area contributed by atoms with Gasteiger partial charge in [-0.2, -0.15) is 0 Å². The first-order chi connectivity index (χ1) is 26.4. The first kappa shape index (κ1) is 37.8. The number of carbonyl (C=O) groups is 6. The molecule has 5 heterocycles. The van der Waals surface area contributed by atoms with E-state index in [4.69, 9.17) is 16.6 Å². The van der Waals surface area contributed by atoms with Crippen molar-refractivity contribution in [3.63, 3.8) is 0 Å². The fourth-order valence-corrected chi connectivity index (χ4v) is 8.55. The van der Waals surface area contributed by atoms with Gasteiger partial charge in [0.1, 0.15) is 22.9 Å². The van der Waals surface area contributed by atoms with Gasteiger partial charge < -0.3 is 10.6 Å². The molecule has 0 bridgehead atoms. The van der Waals surface area contributed by atoms with Crippen molar-refractivity contribution in [3.8, 4) is 5.00 Å². The zero-order chi connectivity index (χ0) is 39.0. The molecule has 2 atom stereocenters.